The normalized spacial score (nSPS) is 13.3. The van der Waals surface area contributed by atoms with E-state index in [0.717, 1.165) is 5.56 Å². The molecule has 0 aliphatic rings. The van der Waals surface area contributed by atoms with Crippen molar-refractivity contribution in [1.29, 1.82) is 0 Å². The van der Waals surface area contributed by atoms with Crippen LogP contribution < -0.4 is 11.1 Å². The summed E-state index contributed by atoms with van der Waals surface area (Å²) < 4.78 is 1.67. The number of aromatic nitrogens is 2. The summed E-state index contributed by atoms with van der Waals surface area (Å²) in [5.41, 5.74) is 5.69. The Balaban J connectivity index is 2.09. The van der Waals surface area contributed by atoms with Crippen LogP contribution in [0, 0.1) is 0 Å². The third-order valence-corrected chi connectivity index (χ3v) is 3.92. The molecule has 0 unspecified atom stereocenters. The molecular weight excluding hydrogens is 316 g/mol. The van der Waals surface area contributed by atoms with Gasteiger partial charge < -0.3 is 11.1 Å². The second kappa shape index (κ2) is 6.83. The number of halogens is 1. The number of rotatable bonds is 6. The Morgan fingerprint density at radius 3 is 2.74 bits per heavy atom. The van der Waals surface area contributed by atoms with Gasteiger partial charge in [-0.25, -0.2) is 0 Å². The molecule has 0 bridgehead atoms. The number of amides is 2. The first kappa shape index (κ1) is 17.0. The Bertz CT molecular complexity index is 728. The minimum Gasteiger partial charge on any atom is -0.367 e. The Hall–Kier alpha value is -2.34. The zero-order chi connectivity index (χ0) is 17.0. The van der Waals surface area contributed by atoms with Crippen LogP contribution in [0.25, 0.3) is 0 Å². The van der Waals surface area contributed by atoms with Gasteiger partial charge >= 0.3 is 0 Å². The van der Waals surface area contributed by atoms with Crippen LogP contribution >= 0.6 is 11.6 Å². The number of benzene rings is 1. The number of hydrogen-bond donors (Lipinski definition) is 2. The van der Waals surface area contributed by atoms with Crippen molar-refractivity contribution in [3.63, 3.8) is 0 Å². The quantitative estimate of drug-likeness (QED) is 0.839. The minimum absolute atomic E-state index is 0.231. The molecule has 7 heteroatoms. The molecule has 0 fully saturated rings. The molecule has 1 atom stereocenters. The van der Waals surface area contributed by atoms with E-state index in [4.69, 9.17) is 17.3 Å². The third kappa shape index (κ3) is 4.10. The molecule has 2 amide bonds. The largest absolute Gasteiger partial charge is 0.367 e. The summed E-state index contributed by atoms with van der Waals surface area (Å²) in [4.78, 5) is 24.1. The molecule has 1 heterocycles. The van der Waals surface area contributed by atoms with Crippen molar-refractivity contribution in [3.8, 4) is 0 Å². The van der Waals surface area contributed by atoms with Crippen molar-refractivity contribution < 1.29 is 9.59 Å². The fraction of sp³-hybridized carbons (Fsp3) is 0.312. The van der Waals surface area contributed by atoms with E-state index in [-0.39, 0.29) is 12.3 Å². The summed E-state index contributed by atoms with van der Waals surface area (Å²) in [6.07, 6.45) is 4.31. The van der Waals surface area contributed by atoms with Crippen molar-refractivity contribution in [3.05, 3.63) is 52.8 Å². The molecule has 2 aromatic rings. The Morgan fingerprint density at radius 2 is 2.17 bits per heavy atom. The lowest BCUT2D eigenvalue weighted by Crippen LogP contribution is -2.52. The molecule has 0 aliphatic heterocycles. The molecule has 23 heavy (non-hydrogen) atoms. The smallest absolute Gasteiger partial charge is 0.247 e. The minimum atomic E-state index is -1.31. The molecule has 0 saturated heterocycles. The second-order valence-electron chi connectivity index (χ2n) is 5.57. The summed E-state index contributed by atoms with van der Waals surface area (Å²) in [6, 6.07) is 6.73. The highest BCUT2D eigenvalue weighted by Gasteiger charge is 2.34. The van der Waals surface area contributed by atoms with Gasteiger partial charge in [0.25, 0.3) is 0 Å². The standard InChI is InChI=1S/C16H19ClN4O2/c1-16(15(18)23,12-4-3-5-13(17)8-12)20-14(22)7-6-11-9-19-21(2)10-11/h3-5,8-10H,6-7H2,1-2H3,(H2,18,23)(H,20,22)/t16-/m1/s1. The number of nitrogens with one attached hydrogen (secondary N) is 1. The van der Waals surface area contributed by atoms with E-state index in [1.807, 2.05) is 13.2 Å². The molecule has 2 rings (SSSR count). The Kier molecular flexibility index (Phi) is 5.05. The van der Waals surface area contributed by atoms with Crippen LogP contribution in [0.3, 0.4) is 0 Å². The first-order valence-electron chi connectivity index (χ1n) is 7.16. The fourth-order valence-corrected chi connectivity index (χ4v) is 2.47. The summed E-state index contributed by atoms with van der Waals surface area (Å²) in [6.45, 7) is 1.57. The van der Waals surface area contributed by atoms with E-state index >= 15 is 0 Å². The second-order valence-corrected chi connectivity index (χ2v) is 6.01. The van der Waals surface area contributed by atoms with E-state index < -0.39 is 11.4 Å². The predicted octanol–water partition coefficient (Wildman–Crippen LogP) is 1.52. The van der Waals surface area contributed by atoms with E-state index in [0.29, 0.717) is 17.0 Å². The number of carbonyl (C=O) groups is 2. The highest BCUT2D eigenvalue weighted by atomic mass is 35.5. The average Bonchev–Trinajstić information content (AvgIpc) is 2.90. The Morgan fingerprint density at radius 1 is 1.43 bits per heavy atom. The van der Waals surface area contributed by atoms with Gasteiger partial charge in [0.1, 0.15) is 5.54 Å². The SMILES string of the molecule is Cn1cc(CCC(=O)N[C@@](C)(C(N)=O)c2cccc(Cl)c2)cn1. The first-order chi connectivity index (χ1) is 10.8. The fourth-order valence-electron chi connectivity index (χ4n) is 2.28. The van der Waals surface area contributed by atoms with Gasteiger partial charge in [-0.3, -0.25) is 14.3 Å². The lowest BCUT2D eigenvalue weighted by molar-refractivity contribution is -0.131. The lowest BCUT2D eigenvalue weighted by Gasteiger charge is -2.28. The van der Waals surface area contributed by atoms with Gasteiger partial charge in [-0.15, -0.1) is 0 Å². The maximum absolute atomic E-state index is 12.2. The number of aryl methyl sites for hydroxylation is 2. The first-order valence-corrected chi connectivity index (χ1v) is 7.53. The van der Waals surface area contributed by atoms with Gasteiger partial charge in [-0.1, -0.05) is 23.7 Å². The topological polar surface area (TPSA) is 90.0 Å². The van der Waals surface area contributed by atoms with E-state index in [2.05, 4.69) is 10.4 Å². The molecule has 0 radical (unpaired) electrons. The summed E-state index contributed by atoms with van der Waals surface area (Å²) in [5.74, 6) is -0.912. The van der Waals surface area contributed by atoms with Crippen molar-refractivity contribution in [1.82, 2.24) is 15.1 Å². The van der Waals surface area contributed by atoms with Crippen molar-refractivity contribution in [2.24, 2.45) is 12.8 Å². The number of nitrogens with zero attached hydrogens (tertiary/aromatic N) is 2. The van der Waals surface area contributed by atoms with Gasteiger partial charge in [0.15, 0.2) is 0 Å². The van der Waals surface area contributed by atoms with Crippen LogP contribution in [0.1, 0.15) is 24.5 Å². The molecule has 122 valence electrons. The maximum atomic E-state index is 12.2. The highest BCUT2D eigenvalue weighted by Crippen LogP contribution is 2.23. The van der Waals surface area contributed by atoms with Gasteiger partial charge in [0.2, 0.25) is 11.8 Å². The van der Waals surface area contributed by atoms with Crippen LogP contribution in [0.4, 0.5) is 0 Å². The van der Waals surface area contributed by atoms with Crippen molar-refractivity contribution in [2.45, 2.75) is 25.3 Å². The molecule has 6 nitrogen and oxygen atoms in total. The van der Waals surface area contributed by atoms with Crippen molar-refractivity contribution >= 4 is 23.4 Å². The Labute approximate surface area is 139 Å². The van der Waals surface area contributed by atoms with Gasteiger partial charge in [-0.05, 0) is 36.6 Å². The molecule has 0 saturated carbocycles. The lowest BCUT2D eigenvalue weighted by atomic mass is 9.91. The van der Waals surface area contributed by atoms with E-state index in [1.54, 1.807) is 42.1 Å². The van der Waals surface area contributed by atoms with Crippen LogP contribution in [0.15, 0.2) is 36.7 Å². The zero-order valence-electron chi connectivity index (χ0n) is 13.0. The summed E-state index contributed by atoms with van der Waals surface area (Å²) in [7, 11) is 1.81. The molecule has 0 spiro atoms. The molecular formula is C16H19ClN4O2. The van der Waals surface area contributed by atoms with Gasteiger partial charge in [0, 0.05) is 24.7 Å². The van der Waals surface area contributed by atoms with Crippen LogP contribution in [-0.4, -0.2) is 21.6 Å². The molecule has 3 N–H and O–H groups in total. The molecule has 0 aliphatic carbocycles. The molecule has 1 aromatic heterocycles. The summed E-state index contributed by atoms with van der Waals surface area (Å²) >= 11 is 5.96. The van der Waals surface area contributed by atoms with Crippen LogP contribution in [0.2, 0.25) is 5.02 Å². The third-order valence-electron chi connectivity index (χ3n) is 3.68. The maximum Gasteiger partial charge on any atom is 0.247 e. The van der Waals surface area contributed by atoms with Gasteiger partial charge in [-0.2, -0.15) is 5.10 Å². The molecule has 1 aromatic carbocycles. The highest BCUT2D eigenvalue weighted by molar-refractivity contribution is 6.30. The number of nitrogens with two attached hydrogens (primary N) is 1. The number of hydrogen-bond acceptors (Lipinski definition) is 3. The number of carbonyl (C=O) groups excluding carboxylic acids is 2. The van der Waals surface area contributed by atoms with Crippen LogP contribution in [-0.2, 0) is 28.6 Å². The van der Waals surface area contributed by atoms with E-state index in [9.17, 15) is 9.59 Å². The summed E-state index contributed by atoms with van der Waals surface area (Å²) in [5, 5.41) is 7.24. The predicted molar refractivity (Wildman–Crippen MR) is 87.7 cm³/mol. The zero-order valence-corrected chi connectivity index (χ0v) is 13.8. The van der Waals surface area contributed by atoms with E-state index in [1.165, 1.54) is 0 Å². The average molecular weight is 335 g/mol. The monoisotopic (exact) mass is 334 g/mol. The van der Waals surface area contributed by atoms with Crippen molar-refractivity contribution in [2.75, 3.05) is 0 Å². The number of primary amides is 1. The van der Waals surface area contributed by atoms with Gasteiger partial charge in [0.05, 0.1) is 6.20 Å². The van der Waals surface area contributed by atoms with Crippen LogP contribution in [0.5, 0.6) is 0 Å².